The molecule has 0 bridgehead atoms. The second-order valence-corrected chi connectivity index (χ2v) is 10.2. The minimum absolute atomic E-state index is 0.0530. The van der Waals surface area contributed by atoms with E-state index in [0.29, 0.717) is 30.9 Å². The molecule has 3 amide bonds. The maximum absolute atomic E-state index is 13.5. The van der Waals surface area contributed by atoms with Gasteiger partial charge in [0, 0.05) is 44.1 Å². The van der Waals surface area contributed by atoms with Crippen LogP contribution in [0.15, 0.2) is 60.8 Å². The maximum Gasteiger partial charge on any atom is 0.256 e. The molecule has 40 heavy (non-hydrogen) atoms. The summed E-state index contributed by atoms with van der Waals surface area (Å²) in [7, 11) is 1.79. The van der Waals surface area contributed by atoms with Gasteiger partial charge in [0.2, 0.25) is 11.8 Å². The lowest BCUT2D eigenvalue weighted by Gasteiger charge is -2.32. The Labute approximate surface area is 235 Å². The summed E-state index contributed by atoms with van der Waals surface area (Å²) in [5.41, 5.74) is 11.4. The molecule has 4 rings (SSSR count). The highest BCUT2D eigenvalue weighted by atomic mass is 16.2. The van der Waals surface area contributed by atoms with Crippen LogP contribution in [0.3, 0.4) is 0 Å². The molecule has 0 saturated carbocycles. The van der Waals surface area contributed by atoms with Crippen molar-refractivity contribution in [2.24, 2.45) is 5.73 Å². The monoisotopic (exact) mass is 542 g/mol. The van der Waals surface area contributed by atoms with Crippen molar-refractivity contribution in [1.82, 2.24) is 20.3 Å². The van der Waals surface area contributed by atoms with Gasteiger partial charge in [-0.3, -0.25) is 24.4 Å². The van der Waals surface area contributed by atoms with E-state index in [1.165, 1.54) is 17.3 Å². The summed E-state index contributed by atoms with van der Waals surface area (Å²) in [6, 6.07) is 17.4. The zero-order valence-electron chi connectivity index (χ0n) is 23.5. The third kappa shape index (κ3) is 7.04. The zero-order valence-corrected chi connectivity index (χ0v) is 23.5. The highest BCUT2D eigenvalue weighted by Gasteiger charge is 2.27. The number of hydrogen-bond acceptors (Lipinski definition) is 6. The Morgan fingerprint density at radius 3 is 2.33 bits per heavy atom. The number of rotatable bonds is 12. The number of pyridine rings is 1. The number of unbranched alkanes of at least 4 members (excludes halogenated alkanes) is 2. The van der Waals surface area contributed by atoms with Crippen molar-refractivity contribution >= 4 is 23.4 Å². The van der Waals surface area contributed by atoms with Gasteiger partial charge in [-0.1, -0.05) is 50.1 Å². The first-order valence-corrected chi connectivity index (χ1v) is 13.7. The first kappa shape index (κ1) is 28.8. The average molecular weight is 543 g/mol. The first-order valence-electron chi connectivity index (χ1n) is 13.7. The number of hydrogen-bond donors (Lipinski definition) is 2. The number of benzene rings is 2. The SMILES string of the molecule is CCCCCNC(=O)CN(CC(=O)N(C)N1Cc2ccccc2C1)c1ccc(-c2ccc(C(N)=O)cn2)cc1C. The third-order valence-corrected chi connectivity index (χ3v) is 7.25. The van der Waals surface area contributed by atoms with Gasteiger partial charge in [0.1, 0.15) is 0 Å². The lowest BCUT2D eigenvalue weighted by Crippen LogP contribution is -2.48. The Kier molecular flexibility index (Phi) is 9.50. The van der Waals surface area contributed by atoms with Gasteiger partial charge < -0.3 is 16.0 Å². The van der Waals surface area contributed by atoms with Crippen LogP contribution in [0.4, 0.5) is 5.69 Å². The van der Waals surface area contributed by atoms with Gasteiger partial charge in [0.05, 0.1) is 24.3 Å². The van der Waals surface area contributed by atoms with E-state index in [0.717, 1.165) is 36.1 Å². The van der Waals surface area contributed by atoms with Gasteiger partial charge in [-0.15, -0.1) is 0 Å². The summed E-state index contributed by atoms with van der Waals surface area (Å²) < 4.78 is 0. The van der Waals surface area contributed by atoms with Crippen molar-refractivity contribution < 1.29 is 14.4 Å². The number of nitrogens with zero attached hydrogens (tertiary/aromatic N) is 4. The summed E-state index contributed by atoms with van der Waals surface area (Å²) in [6.45, 7) is 6.16. The van der Waals surface area contributed by atoms with Crippen molar-refractivity contribution in [2.75, 3.05) is 31.6 Å². The number of hydrazine groups is 1. The van der Waals surface area contributed by atoms with Crippen LogP contribution in [0, 0.1) is 6.92 Å². The van der Waals surface area contributed by atoms with Crippen LogP contribution in [0.2, 0.25) is 0 Å². The second kappa shape index (κ2) is 13.2. The van der Waals surface area contributed by atoms with Crippen molar-refractivity contribution in [3.8, 4) is 11.3 Å². The van der Waals surface area contributed by atoms with E-state index in [1.807, 2.05) is 47.2 Å². The number of amides is 3. The predicted molar refractivity (Wildman–Crippen MR) is 156 cm³/mol. The van der Waals surface area contributed by atoms with E-state index >= 15 is 0 Å². The van der Waals surface area contributed by atoms with E-state index < -0.39 is 5.91 Å². The number of carbonyl (C=O) groups is 3. The van der Waals surface area contributed by atoms with Gasteiger partial charge >= 0.3 is 0 Å². The Hall–Kier alpha value is -4.24. The molecule has 3 N–H and O–H groups in total. The van der Waals surface area contributed by atoms with Crippen LogP contribution < -0.4 is 16.0 Å². The standard InChI is InChI=1S/C31H38N6O3/c1-4-5-8-15-33-29(38)20-36(21-30(39)35(3)37-18-25-9-6-7-10-26(25)19-37)28-14-12-23(16-22(28)2)27-13-11-24(17-34-27)31(32)40/h6-7,9-14,16-17H,4-5,8,15,18-21H2,1-3H3,(H2,32,40)(H,33,38). The number of aromatic nitrogens is 1. The number of anilines is 1. The number of fused-ring (bicyclic) bond motifs is 1. The van der Waals surface area contributed by atoms with Crippen molar-refractivity contribution in [1.29, 1.82) is 0 Å². The minimum atomic E-state index is -0.526. The minimum Gasteiger partial charge on any atom is -0.366 e. The van der Waals surface area contributed by atoms with Crippen LogP contribution in [0.1, 0.15) is 53.2 Å². The molecule has 0 fully saturated rings. The van der Waals surface area contributed by atoms with Crippen LogP contribution in [0.5, 0.6) is 0 Å². The molecule has 1 aliphatic rings. The number of nitrogens with one attached hydrogen (secondary N) is 1. The van der Waals surface area contributed by atoms with Gasteiger partial charge in [-0.05, 0) is 54.3 Å². The highest BCUT2D eigenvalue weighted by molar-refractivity contribution is 5.92. The largest absolute Gasteiger partial charge is 0.366 e. The van der Waals surface area contributed by atoms with E-state index in [2.05, 4.69) is 29.4 Å². The summed E-state index contributed by atoms with van der Waals surface area (Å²) in [6.07, 6.45) is 4.52. The van der Waals surface area contributed by atoms with E-state index in [1.54, 1.807) is 24.2 Å². The topological polar surface area (TPSA) is 112 Å². The molecule has 0 saturated heterocycles. The molecule has 210 valence electrons. The molecule has 2 heterocycles. The number of likely N-dealkylation sites (N-methyl/N-ethyl adjacent to an activating group) is 1. The van der Waals surface area contributed by atoms with E-state index in [-0.39, 0.29) is 24.9 Å². The molecular formula is C31H38N6O3. The summed E-state index contributed by atoms with van der Waals surface area (Å²) in [4.78, 5) is 44.0. The highest BCUT2D eigenvalue weighted by Crippen LogP contribution is 2.27. The molecule has 0 atom stereocenters. The molecule has 0 unspecified atom stereocenters. The lowest BCUT2D eigenvalue weighted by molar-refractivity contribution is -0.145. The van der Waals surface area contributed by atoms with Crippen molar-refractivity contribution in [3.05, 3.63) is 83.0 Å². The third-order valence-electron chi connectivity index (χ3n) is 7.25. The van der Waals surface area contributed by atoms with Gasteiger partial charge in [0.15, 0.2) is 0 Å². The molecule has 1 aliphatic heterocycles. The molecule has 0 radical (unpaired) electrons. The summed E-state index contributed by atoms with van der Waals surface area (Å²) in [5.74, 6) is -0.743. The average Bonchev–Trinajstić information content (AvgIpc) is 3.39. The molecular weight excluding hydrogens is 504 g/mol. The molecule has 0 spiro atoms. The van der Waals surface area contributed by atoms with Gasteiger partial charge in [-0.2, -0.15) is 0 Å². The van der Waals surface area contributed by atoms with Crippen LogP contribution in [-0.4, -0.2) is 59.4 Å². The number of primary amides is 1. The number of aryl methyl sites for hydroxylation is 1. The fourth-order valence-corrected chi connectivity index (χ4v) is 4.89. The maximum atomic E-state index is 13.5. The Morgan fingerprint density at radius 1 is 1.00 bits per heavy atom. The van der Waals surface area contributed by atoms with Crippen molar-refractivity contribution in [2.45, 2.75) is 46.2 Å². The summed E-state index contributed by atoms with van der Waals surface area (Å²) in [5, 5.41) is 6.68. The molecule has 9 heteroatoms. The molecule has 1 aromatic heterocycles. The fourth-order valence-electron chi connectivity index (χ4n) is 4.89. The van der Waals surface area contributed by atoms with E-state index in [4.69, 9.17) is 5.73 Å². The zero-order chi connectivity index (χ0) is 28.6. The van der Waals surface area contributed by atoms with Crippen molar-refractivity contribution in [3.63, 3.8) is 0 Å². The van der Waals surface area contributed by atoms with Gasteiger partial charge in [-0.25, -0.2) is 5.01 Å². The normalized spacial score (nSPS) is 12.6. The lowest BCUT2D eigenvalue weighted by atomic mass is 10.0. The molecule has 3 aromatic rings. The van der Waals surface area contributed by atoms with Crippen LogP contribution in [-0.2, 0) is 22.7 Å². The molecule has 9 nitrogen and oxygen atoms in total. The second-order valence-electron chi connectivity index (χ2n) is 10.2. The number of nitrogens with two attached hydrogens (primary N) is 1. The quantitative estimate of drug-likeness (QED) is 0.338. The van der Waals surface area contributed by atoms with Crippen LogP contribution >= 0.6 is 0 Å². The Morgan fingerprint density at radius 2 is 1.73 bits per heavy atom. The first-order chi connectivity index (χ1) is 19.3. The smallest absolute Gasteiger partial charge is 0.256 e. The number of carbonyl (C=O) groups excluding carboxylic acids is 3. The molecule has 2 aromatic carbocycles. The van der Waals surface area contributed by atoms with Gasteiger partial charge in [0.25, 0.3) is 5.91 Å². The Balaban J connectivity index is 1.51. The van der Waals surface area contributed by atoms with E-state index in [9.17, 15) is 14.4 Å². The molecule has 0 aliphatic carbocycles. The van der Waals surface area contributed by atoms with Crippen LogP contribution in [0.25, 0.3) is 11.3 Å². The summed E-state index contributed by atoms with van der Waals surface area (Å²) >= 11 is 0. The Bertz CT molecular complexity index is 1330. The predicted octanol–water partition coefficient (Wildman–Crippen LogP) is 3.66. The fraction of sp³-hybridized carbons (Fsp3) is 0.355.